The Morgan fingerprint density at radius 3 is 0.894 bits per heavy atom. The van der Waals surface area contributed by atoms with Crippen LogP contribution in [-0.4, -0.2) is 81.3 Å². The van der Waals surface area contributed by atoms with E-state index in [4.69, 9.17) is 35.4 Å². The number of hydrogen-bond acceptors (Lipinski definition) is 8. The van der Waals surface area contributed by atoms with Crippen molar-refractivity contribution in [3.8, 4) is 0 Å². The highest BCUT2D eigenvalue weighted by atomic mass is 28.4. The molecule has 4 aromatic rings. The maximum atomic E-state index is 6.78. The molecule has 0 aromatic heterocycles. The molecule has 0 aliphatic carbocycles. The fourth-order valence-electron chi connectivity index (χ4n) is 6.30. The van der Waals surface area contributed by atoms with E-state index in [-0.39, 0.29) is 12.5 Å². The second kappa shape index (κ2) is 15.7. The van der Waals surface area contributed by atoms with E-state index in [1.54, 1.807) is 42.7 Å². The summed E-state index contributed by atoms with van der Waals surface area (Å²) in [5.41, 5.74) is 6.50. The molecule has 4 aromatic carbocycles. The van der Waals surface area contributed by atoms with E-state index >= 15 is 0 Å². The van der Waals surface area contributed by atoms with Crippen molar-refractivity contribution in [3.63, 3.8) is 0 Å². The normalized spacial score (nSPS) is 15.0. The molecule has 246 valence electrons. The van der Waals surface area contributed by atoms with Crippen molar-refractivity contribution in [1.82, 2.24) is 0 Å². The van der Waals surface area contributed by atoms with Crippen LogP contribution in [-0.2, 0) is 35.4 Å². The topological polar surface area (TPSA) is 73.8 Å². The minimum atomic E-state index is -3.54. The summed E-state index contributed by atoms with van der Waals surface area (Å²) >= 11 is 0. The van der Waals surface area contributed by atoms with E-state index < -0.39 is 26.2 Å². The first kappa shape index (κ1) is 35.0. The van der Waals surface area contributed by atoms with Crippen LogP contribution in [0.2, 0.25) is 0 Å². The lowest BCUT2D eigenvalue weighted by Crippen LogP contribution is -2.58. The van der Waals surface area contributed by atoms with Gasteiger partial charge in [-0.05, 0) is 43.8 Å². The zero-order chi connectivity index (χ0) is 33.3. The molecular weight excluding hydrogens is 645 g/mol. The van der Waals surface area contributed by atoms with Gasteiger partial charge in [0.05, 0.1) is 0 Å². The van der Waals surface area contributed by atoms with Gasteiger partial charge in [0.25, 0.3) is 0 Å². The molecular formula is C36H42O8Si3. The van der Waals surface area contributed by atoms with Crippen molar-refractivity contribution in [3.05, 3.63) is 144 Å². The molecule has 8 nitrogen and oxygen atoms in total. The van der Waals surface area contributed by atoms with E-state index in [1.165, 1.54) is 0 Å². The highest BCUT2D eigenvalue weighted by molar-refractivity contribution is 7.15. The Hall–Kier alpha value is -3.31. The van der Waals surface area contributed by atoms with Gasteiger partial charge in [-0.15, -0.1) is 0 Å². The molecule has 1 heterocycles. The van der Waals surface area contributed by atoms with Gasteiger partial charge in [-0.1, -0.05) is 121 Å². The van der Waals surface area contributed by atoms with Crippen LogP contribution >= 0.6 is 0 Å². The van der Waals surface area contributed by atoms with Gasteiger partial charge >= 0.3 is 18.1 Å². The molecule has 0 amide bonds. The van der Waals surface area contributed by atoms with Crippen molar-refractivity contribution >= 4 is 47.7 Å². The van der Waals surface area contributed by atoms with Gasteiger partial charge in [-0.25, -0.2) is 0 Å². The second-order valence-electron chi connectivity index (χ2n) is 10.8. The van der Waals surface area contributed by atoms with E-state index in [9.17, 15) is 0 Å². The Balaban J connectivity index is 1.95. The van der Waals surface area contributed by atoms with Crippen LogP contribution in [0.1, 0.15) is 22.3 Å². The predicted octanol–water partition coefficient (Wildman–Crippen LogP) is 6.61. The molecule has 1 aliphatic heterocycles. The van der Waals surface area contributed by atoms with Gasteiger partial charge in [0, 0.05) is 55.1 Å². The number of allylic oxidation sites excluding steroid dienone is 2. The molecule has 0 bridgehead atoms. The SMILES string of the molecule is CO[Si](OC)(OC)OC[Si]1(CO[Si](OC)(OC)OC)C(c2ccccc2)=C(c2ccccc2)C(c2ccccc2)=C1c1ccccc1. The van der Waals surface area contributed by atoms with Gasteiger partial charge in [0.2, 0.25) is 0 Å². The van der Waals surface area contributed by atoms with Gasteiger partial charge in [0.15, 0.2) is 8.07 Å². The van der Waals surface area contributed by atoms with E-state index in [0.29, 0.717) is 0 Å². The second-order valence-corrected chi connectivity index (χ2v) is 19.6. The average molecular weight is 687 g/mol. The van der Waals surface area contributed by atoms with E-state index in [1.807, 2.05) is 24.3 Å². The molecule has 0 radical (unpaired) electrons. The molecule has 0 saturated heterocycles. The minimum Gasteiger partial charge on any atom is -0.355 e. The number of benzene rings is 4. The van der Waals surface area contributed by atoms with Crippen LogP contribution in [0.5, 0.6) is 0 Å². The molecule has 5 rings (SSSR count). The lowest BCUT2D eigenvalue weighted by atomic mass is 9.89. The highest BCUT2D eigenvalue weighted by Crippen LogP contribution is 2.56. The largest absolute Gasteiger partial charge is 0.678 e. The third-order valence-corrected chi connectivity index (χ3v) is 17.3. The fourth-order valence-corrected chi connectivity index (χ4v) is 15.2. The summed E-state index contributed by atoms with van der Waals surface area (Å²) < 4.78 is 48.4. The van der Waals surface area contributed by atoms with Crippen LogP contribution in [0, 0.1) is 0 Å². The summed E-state index contributed by atoms with van der Waals surface area (Å²) in [5, 5.41) is 2.28. The predicted molar refractivity (Wildman–Crippen MR) is 191 cm³/mol. The zero-order valence-electron chi connectivity index (χ0n) is 27.7. The summed E-state index contributed by atoms with van der Waals surface area (Å²) in [6, 6.07) is 41.9. The quantitative estimate of drug-likeness (QED) is 0.122. The van der Waals surface area contributed by atoms with Gasteiger partial charge in [-0.3, -0.25) is 0 Å². The molecule has 0 fully saturated rings. The number of rotatable bonds is 16. The number of hydrogen-bond donors (Lipinski definition) is 0. The zero-order valence-corrected chi connectivity index (χ0v) is 30.7. The first-order chi connectivity index (χ1) is 23.0. The molecule has 0 saturated carbocycles. The van der Waals surface area contributed by atoms with Crippen LogP contribution < -0.4 is 0 Å². The van der Waals surface area contributed by atoms with Crippen LogP contribution in [0.4, 0.5) is 0 Å². The first-order valence-electron chi connectivity index (χ1n) is 15.3. The maximum Gasteiger partial charge on any atom is 0.678 e. The molecule has 0 unspecified atom stereocenters. The van der Waals surface area contributed by atoms with Crippen molar-refractivity contribution in [2.45, 2.75) is 0 Å². The molecule has 47 heavy (non-hydrogen) atoms. The summed E-state index contributed by atoms with van der Waals surface area (Å²) in [4.78, 5) is 0. The van der Waals surface area contributed by atoms with Crippen molar-refractivity contribution in [2.24, 2.45) is 0 Å². The molecule has 1 aliphatic rings. The van der Waals surface area contributed by atoms with E-state index in [2.05, 4.69) is 97.1 Å². The van der Waals surface area contributed by atoms with Gasteiger partial charge in [-0.2, -0.15) is 0 Å². The third-order valence-electron chi connectivity index (χ3n) is 8.45. The third kappa shape index (κ3) is 6.97. The summed E-state index contributed by atoms with van der Waals surface area (Å²) in [7, 11) is -1.09. The van der Waals surface area contributed by atoms with Crippen molar-refractivity contribution < 1.29 is 35.4 Å². The molecule has 0 spiro atoms. The Morgan fingerprint density at radius 1 is 0.383 bits per heavy atom. The highest BCUT2D eigenvalue weighted by Gasteiger charge is 2.56. The first-order valence-corrected chi connectivity index (χ1v) is 20.9. The Labute approximate surface area is 281 Å². The smallest absolute Gasteiger partial charge is 0.355 e. The summed E-state index contributed by atoms with van der Waals surface area (Å²) in [5.74, 6) is 0. The lowest BCUT2D eigenvalue weighted by molar-refractivity contribution is 0.0107. The van der Waals surface area contributed by atoms with Crippen LogP contribution in [0.25, 0.3) is 21.5 Å². The monoisotopic (exact) mass is 686 g/mol. The summed E-state index contributed by atoms with van der Waals surface area (Å²) in [6.45, 7) is 0. The average Bonchev–Trinajstić information content (AvgIpc) is 3.46. The Bertz CT molecular complexity index is 1500. The van der Waals surface area contributed by atoms with Crippen molar-refractivity contribution in [2.75, 3.05) is 55.1 Å². The maximum absolute atomic E-state index is 6.78. The Kier molecular flexibility index (Phi) is 11.7. The summed E-state index contributed by atoms with van der Waals surface area (Å²) in [6.07, 6.45) is 0.412. The molecule has 0 N–H and O–H groups in total. The standard InChI is InChI=1S/C36H42O8Si3/c1-37-46(38-2,39-3)43-27-45(28-44-47(40-4,41-5)42-6)35(31-23-15-9-16-24-31)33(29-19-11-7-12-20-29)34(30-21-13-8-14-22-30)36(45)32-25-17-10-18-26-32/h7-26H,27-28H2,1-6H3. The molecule has 0 atom stereocenters. The fraction of sp³-hybridized carbons (Fsp3) is 0.222. The van der Waals surface area contributed by atoms with Gasteiger partial charge in [0.1, 0.15) is 0 Å². The van der Waals surface area contributed by atoms with Crippen LogP contribution in [0.15, 0.2) is 121 Å². The van der Waals surface area contributed by atoms with Crippen LogP contribution in [0.3, 0.4) is 0 Å². The molecule has 11 heteroatoms. The lowest BCUT2D eigenvalue weighted by Gasteiger charge is -2.38. The Morgan fingerprint density at radius 2 is 0.638 bits per heavy atom. The van der Waals surface area contributed by atoms with Crippen molar-refractivity contribution in [1.29, 1.82) is 0 Å². The van der Waals surface area contributed by atoms with E-state index in [0.717, 1.165) is 43.8 Å². The van der Waals surface area contributed by atoms with Gasteiger partial charge < -0.3 is 35.4 Å². The minimum absolute atomic E-state index is 0.206.